The number of primary amides is 1. The number of amides is 1. The number of aromatic nitrogens is 2. The molecule has 1 aromatic heterocycles. The van der Waals surface area contributed by atoms with Crippen LogP contribution in [-0.2, 0) is 16.8 Å². The maximum absolute atomic E-state index is 11.8. The number of nitrogens with two attached hydrogens (primary N) is 1. The number of carbonyl (C=O) groups excluding carboxylic acids is 1. The number of nitrogens with zero attached hydrogens (tertiary/aromatic N) is 2. The molecule has 1 aliphatic carbocycles. The van der Waals surface area contributed by atoms with Crippen molar-refractivity contribution in [1.29, 1.82) is 0 Å². The molecule has 3 aromatic rings. The molecular weight excluding hydrogens is 338 g/mol. The van der Waals surface area contributed by atoms with E-state index in [2.05, 4.69) is 29.2 Å². The van der Waals surface area contributed by atoms with E-state index in [9.17, 15) is 4.79 Å². The van der Waals surface area contributed by atoms with Crippen molar-refractivity contribution in [3.8, 4) is 11.4 Å². The van der Waals surface area contributed by atoms with E-state index in [1.54, 1.807) is 6.20 Å². The Morgan fingerprint density at radius 1 is 1.15 bits per heavy atom. The van der Waals surface area contributed by atoms with Crippen LogP contribution in [0.25, 0.3) is 5.69 Å². The number of rotatable bonds is 6. The Labute approximate surface area is 158 Å². The predicted molar refractivity (Wildman–Crippen MR) is 104 cm³/mol. The highest BCUT2D eigenvalue weighted by molar-refractivity contribution is 5.87. The minimum absolute atomic E-state index is 0.226. The van der Waals surface area contributed by atoms with Gasteiger partial charge in [-0.3, -0.25) is 4.79 Å². The zero-order valence-corrected chi connectivity index (χ0v) is 15.4. The highest BCUT2D eigenvalue weighted by Gasteiger charge is 2.44. The van der Waals surface area contributed by atoms with Crippen LogP contribution in [0.5, 0.6) is 5.75 Å². The van der Waals surface area contributed by atoms with Crippen molar-refractivity contribution in [1.82, 2.24) is 9.55 Å². The number of ether oxygens (including phenoxy) is 1. The van der Waals surface area contributed by atoms with Gasteiger partial charge in [-0.2, -0.15) is 0 Å². The summed E-state index contributed by atoms with van der Waals surface area (Å²) in [6.45, 7) is 2.47. The average molecular weight is 361 g/mol. The van der Waals surface area contributed by atoms with Crippen molar-refractivity contribution < 1.29 is 9.53 Å². The van der Waals surface area contributed by atoms with Crippen molar-refractivity contribution in [2.75, 3.05) is 0 Å². The second-order valence-electron chi connectivity index (χ2n) is 7.12. The summed E-state index contributed by atoms with van der Waals surface area (Å²) in [6, 6.07) is 16.0. The summed E-state index contributed by atoms with van der Waals surface area (Å²) in [5.74, 6) is 1.52. The fourth-order valence-electron chi connectivity index (χ4n) is 3.65. The van der Waals surface area contributed by atoms with Gasteiger partial charge in [0.2, 0.25) is 5.91 Å². The lowest BCUT2D eigenvalue weighted by Crippen LogP contribution is -2.46. The Morgan fingerprint density at radius 2 is 1.85 bits per heavy atom. The lowest BCUT2D eigenvalue weighted by atomic mass is 9.64. The third kappa shape index (κ3) is 3.21. The first kappa shape index (κ1) is 17.3. The fraction of sp³-hybridized carbons (Fsp3) is 0.273. The molecule has 1 amide bonds. The molecular formula is C22H23N3O2. The molecule has 2 aromatic carbocycles. The Kier molecular flexibility index (Phi) is 4.44. The molecule has 1 aliphatic rings. The third-order valence-electron chi connectivity index (χ3n) is 5.53. The molecule has 0 radical (unpaired) electrons. The molecule has 138 valence electrons. The maximum atomic E-state index is 11.8. The first-order valence-electron chi connectivity index (χ1n) is 9.21. The highest BCUT2D eigenvalue weighted by Crippen LogP contribution is 2.43. The van der Waals surface area contributed by atoms with Crippen LogP contribution in [0.1, 0.15) is 36.2 Å². The van der Waals surface area contributed by atoms with E-state index in [0.29, 0.717) is 6.61 Å². The maximum Gasteiger partial charge on any atom is 0.228 e. The number of carbonyl (C=O) groups is 1. The van der Waals surface area contributed by atoms with Crippen LogP contribution in [0.4, 0.5) is 0 Å². The van der Waals surface area contributed by atoms with Gasteiger partial charge in [0.15, 0.2) is 0 Å². The number of imidazole rings is 1. The van der Waals surface area contributed by atoms with E-state index < -0.39 is 5.41 Å². The van der Waals surface area contributed by atoms with E-state index in [-0.39, 0.29) is 5.91 Å². The van der Waals surface area contributed by atoms with Crippen LogP contribution in [0.2, 0.25) is 0 Å². The monoisotopic (exact) mass is 361 g/mol. The van der Waals surface area contributed by atoms with Crippen LogP contribution in [0.15, 0.2) is 60.9 Å². The van der Waals surface area contributed by atoms with Gasteiger partial charge in [0.1, 0.15) is 18.2 Å². The summed E-state index contributed by atoms with van der Waals surface area (Å²) in [6.07, 6.45) is 6.47. The number of hydrogen-bond donors (Lipinski definition) is 1. The van der Waals surface area contributed by atoms with Crippen LogP contribution in [-0.4, -0.2) is 15.5 Å². The Hall–Kier alpha value is -3.08. The Balaban J connectivity index is 1.40. The summed E-state index contributed by atoms with van der Waals surface area (Å²) < 4.78 is 7.93. The molecule has 0 spiro atoms. The normalized spacial score (nSPS) is 15.1. The molecule has 1 saturated carbocycles. The molecule has 1 fully saturated rings. The number of aryl methyl sites for hydroxylation is 1. The largest absolute Gasteiger partial charge is 0.489 e. The van der Waals surface area contributed by atoms with Gasteiger partial charge in [-0.25, -0.2) is 4.98 Å². The molecule has 5 heteroatoms. The Morgan fingerprint density at radius 3 is 2.37 bits per heavy atom. The lowest BCUT2D eigenvalue weighted by Gasteiger charge is -2.39. The molecule has 1 heterocycles. The molecule has 27 heavy (non-hydrogen) atoms. The van der Waals surface area contributed by atoms with E-state index in [0.717, 1.165) is 47.7 Å². The predicted octanol–water partition coefficient (Wildman–Crippen LogP) is 3.67. The highest BCUT2D eigenvalue weighted by atomic mass is 16.5. The molecule has 0 bridgehead atoms. The fourth-order valence-corrected chi connectivity index (χ4v) is 3.65. The molecule has 0 atom stereocenters. The molecule has 0 unspecified atom stereocenters. The van der Waals surface area contributed by atoms with Crippen LogP contribution < -0.4 is 10.5 Å². The van der Waals surface area contributed by atoms with Crippen molar-refractivity contribution in [3.05, 3.63) is 77.9 Å². The molecule has 2 N–H and O–H groups in total. The molecule has 5 nitrogen and oxygen atoms in total. The second kappa shape index (κ2) is 6.91. The number of hydrogen-bond acceptors (Lipinski definition) is 3. The first-order valence-corrected chi connectivity index (χ1v) is 9.21. The van der Waals surface area contributed by atoms with E-state index >= 15 is 0 Å². The zero-order chi connectivity index (χ0) is 18.9. The van der Waals surface area contributed by atoms with Crippen molar-refractivity contribution in [2.24, 2.45) is 5.73 Å². The lowest BCUT2D eigenvalue weighted by molar-refractivity contribution is -0.126. The average Bonchev–Trinajstić information content (AvgIpc) is 3.06. The van der Waals surface area contributed by atoms with E-state index in [1.807, 2.05) is 42.0 Å². The van der Waals surface area contributed by atoms with Gasteiger partial charge < -0.3 is 15.0 Å². The SMILES string of the molecule is Cc1nccn1-c1ccc(COc2ccc(C3(C(N)=O)CCC3)cc2)cc1. The smallest absolute Gasteiger partial charge is 0.228 e. The Bertz CT molecular complexity index is 938. The zero-order valence-electron chi connectivity index (χ0n) is 15.4. The van der Waals surface area contributed by atoms with Gasteiger partial charge in [-0.05, 0) is 55.2 Å². The van der Waals surface area contributed by atoms with Gasteiger partial charge in [0, 0.05) is 18.1 Å². The van der Waals surface area contributed by atoms with Gasteiger partial charge in [-0.15, -0.1) is 0 Å². The number of benzene rings is 2. The molecule has 0 saturated heterocycles. The van der Waals surface area contributed by atoms with E-state index in [1.165, 1.54) is 0 Å². The topological polar surface area (TPSA) is 70.1 Å². The summed E-state index contributed by atoms with van der Waals surface area (Å²) in [5.41, 5.74) is 8.31. The minimum atomic E-state index is -0.472. The first-order chi connectivity index (χ1) is 13.1. The van der Waals surface area contributed by atoms with Gasteiger partial charge in [0.25, 0.3) is 0 Å². The van der Waals surface area contributed by atoms with Crippen molar-refractivity contribution in [2.45, 2.75) is 38.2 Å². The second-order valence-corrected chi connectivity index (χ2v) is 7.12. The van der Waals surface area contributed by atoms with Crippen LogP contribution in [0, 0.1) is 6.92 Å². The standard InChI is InChI=1S/C22H23N3O2/c1-16-24-13-14-25(16)19-7-3-17(4-8-19)15-27-20-9-5-18(6-10-20)22(21(23)26)11-2-12-22/h3-10,13-14H,2,11-12,15H2,1H3,(H2,23,26). The molecule has 4 rings (SSSR count). The summed E-state index contributed by atoms with van der Waals surface area (Å²) in [7, 11) is 0. The minimum Gasteiger partial charge on any atom is -0.489 e. The summed E-state index contributed by atoms with van der Waals surface area (Å²) >= 11 is 0. The van der Waals surface area contributed by atoms with Crippen LogP contribution in [0.3, 0.4) is 0 Å². The van der Waals surface area contributed by atoms with Gasteiger partial charge in [-0.1, -0.05) is 30.7 Å². The third-order valence-corrected chi connectivity index (χ3v) is 5.53. The quantitative estimate of drug-likeness (QED) is 0.728. The van der Waals surface area contributed by atoms with Crippen LogP contribution >= 0.6 is 0 Å². The molecule has 0 aliphatic heterocycles. The van der Waals surface area contributed by atoms with Gasteiger partial charge in [0.05, 0.1) is 5.41 Å². The van der Waals surface area contributed by atoms with E-state index in [4.69, 9.17) is 10.5 Å². The van der Waals surface area contributed by atoms with Crippen molar-refractivity contribution in [3.63, 3.8) is 0 Å². The van der Waals surface area contributed by atoms with Crippen molar-refractivity contribution >= 4 is 5.91 Å². The summed E-state index contributed by atoms with van der Waals surface area (Å²) in [5, 5.41) is 0. The van der Waals surface area contributed by atoms with Gasteiger partial charge >= 0.3 is 0 Å². The summed E-state index contributed by atoms with van der Waals surface area (Å²) in [4.78, 5) is 16.1.